The summed E-state index contributed by atoms with van der Waals surface area (Å²) in [6.45, 7) is 0.329. The van der Waals surface area contributed by atoms with E-state index < -0.39 is 0 Å². The number of halogens is 1. The van der Waals surface area contributed by atoms with Gasteiger partial charge in [0.2, 0.25) is 0 Å². The number of carbonyl (C=O) groups is 1. The van der Waals surface area contributed by atoms with Crippen molar-refractivity contribution in [2.45, 2.75) is 6.54 Å². The minimum Gasteiger partial charge on any atom is -0.508 e. The Morgan fingerprint density at radius 3 is 2.67 bits per heavy atom. The molecule has 1 N–H and O–H groups in total. The summed E-state index contributed by atoms with van der Waals surface area (Å²) in [5.41, 5.74) is 1.22. The number of hydrogen-bond acceptors (Lipinski definition) is 3. The number of phenols is 1. The lowest BCUT2D eigenvalue weighted by atomic mass is 10.1. The molecule has 5 heteroatoms. The average Bonchev–Trinajstić information content (AvgIpc) is 2.49. The molecule has 0 heterocycles. The Bertz CT molecular complexity index is 658. The molecule has 0 atom stereocenters. The number of carbonyl (C=O) groups excluding carboxylic acids is 1. The molecule has 1 amide bonds. The molecule has 21 heavy (non-hydrogen) atoms. The van der Waals surface area contributed by atoms with Gasteiger partial charge in [-0.05, 0) is 40.2 Å². The van der Waals surface area contributed by atoms with Gasteiger partial charge in [-0.3, -0.25) is 4.79 Å². The lowest BCUT2D eigenvalue weighted by Crippen LogP contribution is -2.26. The fraction of sp³-hybridized carbons (Fsp3) is 0.188. The van der Waals surface area contributed by atoms with Crippen LogP contribution in [0.5, 0.6) is 11.5 Å². The van der Waals surface area contributed by atoms with Crippen molar-refractivity contribution in [2.24, 2.45) is 0 Å². The highest BCUT2D eigenvalue weighted by molar-refractivity contribution is 9.10. The summed E-state index contributed by atoms with van der Waals surface area (Å²) in [7, 11) is 3.25. The van der Waals surface area contributed by atoms with E-state index in [4.69, 9.17) is 4.74 Å². The topological polar surface area (TPSA) is 49.8 Å². The molecule has 0 bridgehead atoms. The van der Waals surface area contributed by atoms with E-state index in [1.165, 1.54) is 0 Å². The predicted octanol–water partition coefficient (Wildman–Crippen LogP) is 3.44. The van der Waals surface area contributed by atoms with Crippen molar-refractivity contribution in [1.82, 2.24) is 4.90 Å². The maximum Gasteiger partial charge on any atom is 0.255 e. The Morgan fingerprint density at radius 2 is 2.00 bits per heavy atom. The number of hydrogen-bond donors (Lipinski definition) is 1. The highest BCUT2D eigenvalue weighted by Gasteiger charge is 2.17. The van der Waals surface area contributed by atoms with Crippen molar-refractivity contribution in [1.29, 1.82) is 0 Å². The van der Waals surface area contributed by atoms with Crippen LogP contribution in [-0.4, -0.2) is 30.1 Å². The Labute approximate surface area is 132 Å². The normalized spacial score (nSPS) is 10.2. The molecule has 2 aromatic carbocycles. The van der Waals surface area contributed by atoms with Gasteiger partial charge in [-0.25, -0.2) is 0 Å². The molecule has 0 spiro atoms. The fourth-order valence-electron chi connectivity index (χ4n) is 1.97. The Hall–Kier alpha value is -2.01. The third kappa shape index (κ3) is 3.55. The van der Waals surface area contributed by atoms with E-state index in [0.29, 0.717) is 27.9 Å². The first-order valence-corrected chi connectivity index (χ1v) is 7.18. The van der Waals surface area contributed by atoms with Gasteiger partial charge in [-0.15, -0.1) is 0 Å². The van der Waals surface area contributed by atoms with E-state index in [0.717, 1.165) is 0 Å². The zero-order chi connectivity index (χ0) is 15.4. The monoisotopic (exact) mass is 349 g/mol. The van der Waals surface area contributed by atoms with Crippen LogP contribution in [0.4, 0.5) is 0 Å². The molecule has 0 aliphatic carbocycles. The number of phenolic OH excluding ortho intramolecular Hbond substituents is 1. The van der Waals surface area contributed by atoms with Crippen LogP contribution in [0.3, 0.4) is 0 Å². The summed E-state index contributed by atoms with van der Waals surface area (Å²) >= 11 is 3.38. The Morgan fingerprint density at radius 1 is 1.29 bits per heavy atom. The number of rotatable bonds is 4. The largest absolute Gasteiger partial charge is 0.508 e. The SMILES string of the molecule is COc1ccc(Br)c(C(=O)N(C)Cc2ccccc2O)c1. The second-order valence-corrected chi connectivity index (χ2v) is 5.49. The van der Waals surface area contributed by atoms with Crippen molar-refractivity contribution in [3.8, 4) is 11.5 Å². The maximum absolute atomic E-state index is 12.5. The van der Waals surface area contributed by atoms with Gasteiger partial charge >= 0.3 is 0 Å². The first-order chi connectivity index (χ1) is 10.0. The van der Waals surface area contributed by atoms with Gasteiger partial charge in [-0.1, -0.05) is 18.2 Å². The summed E-state index contributed by atoms with van der Waals surface area (Å²) < 4.78 is 5.85. The third-order valence-corrected chi connectivity index (χ3v) is 3.84. The molecular formula is C16H16BrNO3. The van der Waals surface area contributed by atoms with Crippen LogP contribution in [0.2, 0.25) is 0 Å². The van der Waals surface area contributed by atoms with Crippen molar-refractivity contribution >= 4 is 21.8 Å². The number of nitrogens with zero attached hydrogens (tertiary/aromatic N) is 1. The summed E-state index contributed by atoms with van der Waals surface area (Å²) in [6.07, 6.45) is 0. The van der Waals surface area contributed by atoms with Crippen LogP contribution >= 0.6 is 15.9 Å². The van der Waals surface area contributed by atoms with Gasteiger partial charge in [-0.2, -0.15) is 0 Å². The molecule has 0 aromatic heterocycles. The van der Waals surface area contributed by atoms with E-state index in [-0.39, 0.29) is 11.7 Å². The summed E-state index contributed by atoms with van der Waals surface area (Å²) in [6, 6.07) is 12.2. The zero-order valence-corrected chi connectivity index (χ0v) is 13.4. The number of methoxy groups -OCH3 is 1. The lowest BCUT2D eigenvalue weighted by Gasteiger charge is -2.19. The van der Waals surface area contributed by atoms with E-state index in [2.05, 4.69) is 15.9 Å². The number of aromatic hydroxyl groups is 1. The molecule has 2 rings (SSSR count). The molecule has 0 saturated heterocycles. The van der Waals surface area contributed by atoms with Crippen LogP contribution in [0.25, 0.3) is 0 Å². The smallest absolute Gasteiger partial charge is 0.255 e. The fourth-order valence-corrected chi connectivity index (χ4v) is 2.39. The lowest BCUT2D eigenvalue weighted by molar-refractivity contribution is 0.0783. The van der Waals surface area contributed by atoms with E-state index in [9.17, 15) is 9.90 Å². The summed E-state index contributed by atoms with van der Waals surface area (Å²) in [4.78, 5) is 14.1. The highest BCUT2D eigenvalue weighted by Crippen LogP contribution is 2.25. The number of para-hydroxylation sites is 1. The molecular weight excluding hydrogens is 334 g/mol. The van der Waals surface area contributed by atoms with Gasteiger partial charge in [0.15, 0.2) is 0 Å². The third-order valence-electron chi connectivity index (χ3n) is 3.15. The average molecular weight is 350 g/mol. The molecule has 0 saturated carbocycles. The van der Waals surface area contributed by atoms with Gasteiger partial charge in [0.05, 0.1) is 12.7 Å². The molecule has 110 valence electrons. The Balaban J connectivity index is 2.22. The minimum atomic E-state index is -0.149. The molecule has 2 aromatic rings. The van der Waals surface area contributed by atoms with E-state index >= 15 is 0 Å². The number of ether oxygens (including phenoxy) is 1. The first-order valence-electron chi connectivity index (χ1n) is 6.39. The maximum atomic E-state index is 12.5. The van der Waals surface area contributed by atoms with Crippen molar-refractivity contribution in [3.63, 3.8) is 0 Å². The van der Waals surface area contributed by atoms with Crippen LogP contribution in [0.1, 0.15) is 15.9 Å². The second-order valence-electron chi connectivity index (χ2n) is 4.64. The number of amides is 1. The van der Waals surface area contributed by atoms with Gasteiger partial charge in [0.1, 0.15) is 11.5 Å². The molecule has 0 aliphatic heterocycles. The Kier molecular flexibility index (Phi) is 4.85. The van der Waals surface area contributed by atoms with Crippen LogP contribution in [-0.2, 0) is 6.54 Å². The van der Waals surface area contributed by atoms with Gasteiger partial charge in [0.25, 0.3) is 5.91 Å². The van der Waals surface area contributed by atoms with E-state index in [1.807, 2.05) is 6.07 Å². The van der Waals surface area contributed by atoms with Gasteiger partial charge in [0, 0.05) is 23.6 Å². The summed E-state index contributed by atoms with van der Waals surface area (Å²) in [5, 5.41) is 9.78. The standard InChI is InChI=1S/C16H16BrNO3/c1-18(10-11-5-3-4-6-15(11)19)16(20)13-9-12(21-2)7-8-14(13)17/h3-9,19H,10H2,1-2H3. The zero-order valence-electron chi connectivity index (χ0n) is 11.8. The molecule has 0 radical (unpaired) electrons. The molecule has 4 nitrogen and oxygen atoms in total. The molecule has 0 unspecified atom stereocenters. The quantitative estimate of drug-likeness (QED) is 0.919. The predicted molar refractivity (Wildman–Crippen MR) is 84.6 cm³/mol. The molecule has 0 aliphatic rings. The highest BCUT2D eigenvalue weighted by atomic mass is 79.9. The van der Waals surface area contributed by atoms with Crippen LogP contribution in [0.15, 0.2) is 46.9 Å². The van der Waals surface area contributed by atoms with Gasteiger partial charge < -0.3 is 14.7 Å². The van der Waals surface area contributed by atoms with Crippen LogP contribution in [0, 0.1) is 0 Å². The van der Waals surface area contributed by atoms with Crippen molar-refractivity contribution in [2.75, 3.05) is 14.2 Å². The van der Waals surface area contributed by atoms with Crippen LogP contribution < -0.4 is 4.74 Å². The number of benzene rings is 2. The van der Waals surface area contributed by atoms with Crippen molar-refractivity contribution in [3.05, 3.63) is 58.1 Å². The van der Waals surface area contributed by atoms with Crippen molar-refractivity contribution < 1.29 is 14.6 Å². The van der Waals surface area contributed by atoms with E-state index in [1.54, 1.807) is 55.5 Å². The first kappa shape index (κ1) is 15.4. The second kappa shape index (κ2) is 6.63. The summed E-state index contributed by atoms with van der Waals surface area (Å²) in [5.74, 6) is 0.656. The molecule has 0 fully saturated rings. The minimum absolute atomic E-state index is 0.149.